The molecule has 1 fully saturated rings. The fraction of sp³-hybridized carbons (Fsp3) is 0.588. The van der Waals surface area contributed by atoms with Crippen LogP contribution in [0.1, 0.15) is 12.5 Å². The lowest BCUT2D eigenvalue weighted by molar-refractivity contribution is -0.132. The highest BCUT2D eigenvalue weighted by molar-refractivity contribution is 6.31. The van der Waals surface area contributed by atoms with E-state index in [1.165, 1.54) is 0 Å². The van der Waals surface area contributed by atoms with Crippen molar-refractivity contribution in [3.05, 3.63) is 34.9 Å². The first-order valence-electron chi connectivity index (χ1n) is 8.09. The Balaban J connectivity index is 1.75. The van der Waals surface area contributed by atoms with Crippen LogP contribution in [0.25, 0.3) is 0 Å². The van der Waals surface area contributed by atoms with E-state index in [2.05, 4.69) is 4.90 Å². The SMILES string of the molecule is CCOCC(O)CN1CCN(C(=O)Cc2ccccc2Cl)CC1. The highest BCUT2D eigenvalue weighted by atomic mass is 35.5. The number of nitrogens with zero attached hydrogens (tertiary/aromatic N) is 2. The van der Waals surface area contributed by atoms with Gasteiger partial charge in [-0.05, 0) is 18.6 Å². The molecule has 1 aromatic rings. The molecule has 6 heteroatoms. The topological polar surface area (TPSA) is 53.0 Å². The van der Waals surface area contributed by atoms with E-state index in [0.29, 0.717) is 44.3 Å². The van der Waals surface area contributed by atoms with Crippen LogP contribution in [-0.2, 0) is 16.0 Å². The average Bonchev–Trinajstić information content (AvgIpc) is 2.55. The van der Waals surface area contributed by atoms with Crippen LogP contribution in [0.5, 0.6) is 0 Å². The fourth-order valence-corrected chi connectivity index (χ4v) is 2.90. The molecule has 1 saturated heterocycles. The monoisotopic (exact) mass is 340 g/mol. The van der Waals surface area contributed by atoms with Gasteiger partial charge in [0.05, 0.1) is 19.1 Å². The van der Waals surface area contributed by atoms with Gasteiger partial charge in [0.15, 0.2) is 0 Å². The number of piperazine rings is 1. The Kier molecular flexibility index (Phi) is 7.30. The first-order chi connectivity index (χ1) is 11.1. The summed E-state index contributed by atoms with van der Waals surface area (Å²) in [6.45, 7) is 6.40. The van der Waals surface area contributed by atoms with Gasteiger partial charge in [-0.15, -0.1) is 0 Å². The lowest BCUT2D eigenvalue weighted by Gasteiger charge is -2.35. The molecule has 0 saturated carbocycles. The van der Waals surface area contributed by atoms with Gasteiger partial charge in [0.2, 0.25) is 5.91 Å². The molecule has 0 radical (unpaired) electrons. The quantitative estimate of drug-likeness (QED) is 0.815. The number of aliphatic hydroxyl groups excluding tert-OH is 1. The first kappa shape index (κ1) is 18.2. The summed E-state index contributed by atoms with van der Waals surface area (Å²) in [5.41, 5.74) is 0.869. The molecular formula is C17H25ClN2O3. The summed E-state index contributed by atoms with van der Waals surface area (Å²) >= 11 is 6.11. The number of hydrogen-bond donors (Lipinski definition) is 1. The molecule has 1 aliphatic rings. The number of aliphatic hydroxyl groups is 1. The number of halogens is 1. The number of β-amino-alcohol motifs (C(OH)–C–C–N with tert-alkyl or cyclic N) is 1. The van der Waals surface area contributed by atoms with Gasteiger partial charge in [-0.25, -0.2) is 0 Å². The van der Waals surface area contributed by atoms with Gasteiger partial charge >= 0.3 is 0 Å². The molecule has 1 aliphatic heterocycles. The van der Waals surface area contributed by atoms with Gasteiger partial charge in [-0.3, -0.25) is 9.69 Å². The van der Waals surface area contributed by atoms with E-state index in [9.17, 15) is 9.90 Å². The Hall–Kier alpha value is -1.14. The van der Waals surface area contributed by atoms with E-state index in [0.717, 1.165) is 18.7 Å². The number of carbonyl (C=O) groups is 1. The maximum atomic E-state index is 12.4. The van der Waals surface area contributed by atoms with Crippen molar-refractivity contribution in [1.29, 1.82) is 0 Å². The number of amides is 1. The van der Waals surface area contributed by atoms with Gasteiger partial charge in [0.25, 0.3) is 0 Å². The van der Waals surface area contributed by atoms with Crippen LogP contribution in [0.3, 0.4) is 0 Å². The molecule has 1 aromatic carbocycles. The zero-order valence-corrected chi connectivity index (χ0v) is 14.3. The van der Waals surface area contributed by atoms with Crippen molar-refractivity contribution >= 4 is 17.5 Å². The molecule has 0 spiro atoms. The summed E-state index contributed by atoms with van der Waals surface area (Å²) in [5.74, 6) is 0.104. The molecule has 0 aliphatic carbocycles. The molecule has 128 valence electrons. The number of carbonyl (C=O) groups excluding carboxylic acids is 1. The largest absolute Gasteiger partial charge is 0.389 e. The van der Waals surface area contributed by atoms with Crippen LogP contribution < -0.4 is 0 Å². The van der Waals surface area contributed by atoms with Gasteiger partial charge in [0.1, 0.15) is 0 Å². The Morgan fingerprint density at radius 2 is 2.00 bits per heavy atom. The third-order valence-electron chi connectivity index (χ3n) is 4.01. The van der Waals surface area contributed by atoms with Crippen LogP contribution in [-0.4, -0.2) is 72.9 Å². The Morgan fingerprint density at radius 3 is 2.65 bits per heavy atom. The lowest BCUT2D eigenvalue weighted by atomic mass is 10.1. The van der Waals surface area contributed by atoms with E-state index >= 15 is 0 Å². The third-order valence-corrected chi connectivity index (χ3v) is 4.38. The van der Waals surface area contributed by atoms with Crippen LogP contribution in [0, 0.1) is 0 Å². The van der Waals surface area contributed by atoms with E-state index in [1.807, 2.05) is 36.1 Å². The second kappa shape index (κ2) is 9.23. The smallest absolute Gasteiger partial charge is 0.227 e. The van der Waals surface area contributed by atoms with Crippen LogP contribution in [0.4, 0.5) is 0 Å². The van der Waals surface area contributed by atoms with E-state index in [-0.39, 0.29) is 5.91 Å². The summed E-state index contributed by atoms with van der Waals surface area (Å²) in [7, 11) is 0. The number of benzene rings is 1. The summed E-state index contributed by atoms with van der Waals surface area (Å²) in [5, 5.41) is 10.5. The second-order valence-electron chi connectivity index (χ2n) is 5.76. The van der Waals surface area contributed by atoms with E-state index < -0.39 is 6.10 Å². The molecule has 2 rings (SSSR count). The standard InChI is InChI=1S/C17H25ClN2O3/c1-2-23-13-15(21)12-19-7-9-20(10-8-19)17(22)11-14-5-3-4-6-16(14)18/h3-6,15,21H,2,7-13H2,1H3. The molecule has 23 heavy (non-hydrogen) atoms. The second-order valence-corrected chi connectivity index (χ2v) is 6.17. The maximum absolute atomic E-state index is 12.4. The van der Waals surface area contributed by atoms with Crippen molar-refractivity contribution in [3.63, 3.8) is 0 Å². The normalized spacial score (nSPS) is 17.3. The molecule has 5 nitrogen and oxygen atoms in total. The van der Waals surface area contributed by atoms with Gasteiger partial charge in [0, 0.05) is 44.4 Å². The van der Waals surface area contributed by atoms with Gasteiger partial charge in [-0.1, -0.05) is 29.8 Å². The average molecular weight is 341 g/mol. The van der Waals surface area contributed by atoms with E-state index in [4.69, 9.17) is 16.3 Å². The molecule has 0 aromatic heterocycles. The summed E-state index contributed by atoms with van der Waals surface area (Å²) < 4.78 is 5.22. The third kappa shape index (κ3) is 5.77. The molecule has 1 heterocycles. The van der Waals surface area contributed by atoms with Crippen molar-refractivity contribution in [2.24, 2.45) is 0 Å². The predicted molar refractivity (Wildman–Crippen MR) is 90.7 cm³/mol. The molecule has 1 unspecified atom stereocenters. The zero-order valence-electron chi connectivity index (χ0n) is 13.6. The predicted octanol–water partition coefficient (Wildman–Crippen LogP) is 1.42. The van der Waals surface area contributed by atoms with Crippen LogP contribution >= 0.6 is 11.6 Å². The number of hydrogen-bond acceptors (Lipinski definition) is 4. The van der Waals surface area contributed by atoms with Gasteiger partial charge in [-0.2, -0.15) is 0 Å². The summed E-state index contributed by atoms with van der Waals surface area (Å²) in [4.78, 5) is 16.4. The molecule has 1 amide bonds. The highest BCUT2D eigenvalue weighted by Crippen LogP contribution is 2.16. The van der Waals surface area contributed by atoms with Gasteiger partial charge < -0.3 is 14.7 Å². The minimum atomic E-state index is -0.472. The first-order valence-corrected chi connectivity index (χ1v) is 8.47. The molecule has 1 N–H and O–H groups in total. The Labute approximate surface area is 142 Å². The van der Waals surface area contributed by atoms with Crippen LogP contribution in [0.15, 0.2) is 24.3 Å². The van der Waals surface area contributed by atoms with Crippen molar-refractivity contribution in [1.82, 2.24) is 9.80 Å². The number of rotatable bonds is 7. The molecular weight excluding hydrogens is 316 g/mol. The Morgan fingerprint density at radius 1 is 1.30 bits per heavy atom. The van der Waals surface area contributed by atoms with E-state index in [1.54, 1.807) is 0 Å². The van der Waals surface area contributed by atoms with Crippen LogP contribution in [0.2, 0.25) is 5.02 Å². The van der Waals surface area contributed by atoms with Crippen molar-refractivity contribution in [2.45, 2.75) is 19.4 Å². The summed E-state index contributed by atoms with van der Waals surface area (Å²) in [6.07, 6.45) is -0.132. The zero-order chi connectivity index (χ0) is 16.7. The lowest BCUT2D eigenvalue weighted by Crippen LogP contribution is -2.51. The van der Waals surface area contributed by atoms with Crippen molar-refractivity contribution < 1.29 is 14.6 Å². The molecule has 1 atom stereocenters. The highest BCUT2D eigenvalue weighted by Gasteiger charge is 2.23. The number of ether oxygens (including phenoxy) is 1. The maximum Gasteiger partial charge on any atom is 0.227 e. The molecule has 0 bridgehead atoms. The van der Waals surface area contributed by atoms with Crippen molar-refractivity contribution in [3.8, 4) is 0 Å². The Bertz CT molecular complexity index is 504. The minimum absolute atomic E-state index is 0.104. The minimum Gasteiger partial charge on any atom is -0.389 e. The fourth-order valence-electron chi connectivity index (χ4n) is 2.70. The summed E-state index contributed by atoms with van der Waals surface area (Å²) in [6, 6.07) is 7.46. The van der Waals surface area contributed by atoms with Crippen molar-refractivity contribution in [2.75, 3.05) is 45.9 Å².